The number of aromatic nitrogens is 2. The second-order valence-electron chi connectivity index (χ2n) is 18.5. The number of pyridine rings is 1. The molecule has 0 bridgehead atoms. The van der Waals surface area contributed by atoms with E-state index in [9.17, 15) is 42.0 Å². The standard InChI is InChI=1S/C47H58N8O10S/c1-47(2,3)65-46(62)50-18-17-49-42(58)37-22-34-35(25-54(4)45(61)40(34)52-37)33-20-30(26-66(5,63)64)32(21-36(33)51-23-28-10-11-28)41(57)48-16-8-6-7-9-27-12-13-31-29(19-27)24-55(44(31)60)38-14-15-39(56)53-43(38)59/h12-13,19-22,25,28,38,51-52H,6-11,14-18,23-24,26H2,1-5H3,(H,48,57)(H,49,58)(H,50,62)(H,53,56,59). The number of anilines is 1. The van der Waals surface area contributed by atoms with Gasteiger partial charge in [0.25, 0.3) is 23.3 Å². The summed E-state index contributed by atoms with van der Waals surface area (Å²) in [4.78, 5) is 94.3. The first-order chi connectivity index (χ1) is 31.2. The van der Waals surface area contributed by atoms with Crippen LogP contribution >= 0.6 is 0 Å². The molecule has 2 aromatic carbocycles. The second-order valence-corrected chi connectivity index (χ2v) is 20.7. The molecule has 19 heteroatoms. The minimum Gasteiger partial charge on any atom is -0.444 e. The molecule has 4 heterocycles. The van der Waals surface area contributed by atoms with Crippen LogP contribution < -0.4 is 32.1 Å². The maximum absolute atomic E-state index is 13.9. The minimum atomic E-state index is -3.63. The fourth-order valence-electron chi connectivity index (χ4n) is 8.34. The van der Waals surface area contributed by atoms with Crippen LogP contribution in [0.2, 0.25) is 0 Å². The number of amides is 6. The number of nitrogens with zero attached hydrogens (tertiary/aromatic N) is 2. The summed E-state index contributed by atoms with van der Waals surface area (Å²) < 4.78 is 32.3. The number of aromatic amines is 1. The van der Waals surface area contributed by atoms with Gasteiger partial charge in [0, 0.05) is 92.0 Å². The minimum absolute atomic E-state index is 0.0845. The fourth-order valence-corrected chi connectivity index (χ4v) is 9.14. The fraction of sp³-hybridized carbons (Fsp3) is 0.468. The Kier molecular flexibility index (Phi) is 14.0. The first kappa shape index (κ1) is 47.5. The van der Waals surface area contributed by atoms with Crippen LogP contribution in [0.4, 0.5) is 10.5 Å². The quantitative estimate of drug-likeness (QED) is 0.0614. The summed E-state index contributed by atoms with van der Waals surface area (Å²) in [5.74, 6) is -1.91. The first-order valence-electron chi connectivity index (χ1n) is 22.4. The van der Waals surface area contributed by atoms with E-state index in [1.807, 2.05) is 12.1 Å². The maximum Gasteiger partial charge on any atom is 0.407 e. The number of carbonyl (C=O) groups excluding carboxylic acids is 6. The largest absolute Gasteiger partial charge is 0.444 e. The van der Waals surface area contributed by atoms with Crippen molar-refractivity contribution in [2.24, 2.45) is 13.0 Å². The van der Waals surface area contributed by atoms with Crippen LogP contribution in [0, 0.1) is 5.92 Å². The number of imide groups is 1. The number of hydrogen-bond donors (Lipinski definition) is 6. The highest BCUT2D eigenvalue weighted by Gasteiger charge is 2.39. The second kappa shape index (κ2) is 19.5. The van der Waals surface area contributed by atoms with E-state index in [0.29, 0.717) is 66.2 Å². The predicted molar refractivity (Wildman–Crippen MR) is 248 cm³/mol. The summed E-state index contributed by atoms with van der Waals surface area (Å²) in [6, 6.07) is 9.93. The Labute approximate surface area is 382 Å². The number of ether oxygens (including phenoxy) is 1. The Morgan fingerprint density at radius 1 is 0.864 bits per heavy atom. The van der Waals surface area contributed by atoms with Gasteiger partial charge in [0.2, 0.25) is 11.8 Å². The molecule has 1 saturated carbocycles. The van der Waals surface area contributed by atoms with Gasteiger partial charge in [-0.3, -0.25) is 34.1 Å². The lowest BCUT2D eigenvalue weighted by atomic mass is 9.95. The van der Waals surface area contributed by atoms with Gasteiger partial charge in [-0.1, -0.05) is 18.6 Å². The van der Waals surface area contributed by atoms with Gasteiger partial charge in [-0.05, 0) is 106 Å². The molecule has 1 unspecified atom stereocenters. The molecular formula is C47H58N8O10S. The van der Waals surface area contributed by atoms with Crippen molar-refractivity contribution in [3.63, 3.8) is 0 Å². The maximum atomic E-state index is 13.9. The average molecular weight is 927 g/mol. The first-order valence-corrected chi connectivity index (χ1v) is 24.4. The van der Waals surface area contributed by atoms with Crippen LogP contribution in [-0.4, -0.2) is 103 Å². The molecule has 18 nitrogen and oxygen atoms in total. The summed E-state index contributed by atoms with van der Waals surface area (Å²) in [6.45, 7) is 6.68. The number of aryl methyl sites for hydroxylation is 2. The molecule has 0 spiro atoms. The van der Waals surface area contributed by atoms with Crippen LogP contribution in [-0.2, 0) is 49.9 Å². The molecule has 3 aliphatic rings. The number of unbranched alkanes of at least 4 members (excludes halogenated alkanes) is 2. The third kappa shape index (κ3) is 11.7. The van der Waals surface area contributed by atoms with E-state index in [0.717, 1.165) is 49.5 Å². The van der Waals surface area contributed by atoms with E-state index in [4.69, 9.17) is 4.74 Å². The van der Waals surface area contributed by atoms with Crippen LogP contribution in [0.5, 0.6) is 0 Å². The lowest BCUT2D eigenvalue weighted by molar-refractivity contribution is -0.136. The summed E-state index contributed by atoms with van der Waals surface area (Å²) in [5.41, 5.74) is 3.80. The monoisotopic (exact) mass is 926 g/mol. The van der Waals surface area contributed by atoms with E-state index in [1.165, 1.54) is 9.47 Å². The van der Waals surface area contributed by atoms with E-state index in [2.05, 4.69) is 31.6 Å². The molecule has 2 aromatic heterocycles. The number of carbonyl (C=O) groups is 6. The van der Waals surface area contributed by atoms with Crippen molar-refractivity contribution in [3.8, 4) is 11.1 Å². The van der Waals surface area contributed by atoms with Crippen molar-refractivity contribution in [3.05, 3.63) is 86.5 Å². The molecule has 0 radical (unpaired) electrons. The van der Waals surface area contributed by atoms with E-state index >= 15 is 0 Å². The molecule has 1 atom stereocenters. The number of rotatable bonds is 18. The highest BCUT2D eigenvalue weighted by molar-refractivity contribution is 7.89. The van der Waals surface area contributed by atoms with Crippen LogP contribution in [0.25, 0.3) is 22.0 Å². The number of sulfone groups is 1. The van der Waals surface area contributed by atoms with Crippen molar-refractivity contribution >= 4 is 62.1 Å². The summed E-state index contributed by atoms with van der Waals surface area (Å²) in [7, 11) is -2.05. The third-order valence-electron chi connectivity index (χ3n) is 11.8. The molecule has 352 valence electrons. The predicted octanol–water partition coefficient (Wildman–Crippen LogP) is 4.06. The molecule has 2 fully saturated rings. The van der Waals surface area contributed by atoms with E-state index in [-0.39, 0.29) is 59.2 Å². The van der Waals surface area contributed by atoms with Crippen molar-refractivity contribution in [1.82, 2.24) is 35.7 Å². The Balaban J connectivity index is 1.03. The molecule has 4 aromatic rings. The number of H-pyrrole nitrogens is 1. The van der Waals surface area contributed by atoms with E-state index < -0.39 is 51.0 Å². The van der Waals surface area contributed by atoms with Gasteiger partial charge in [-0.25, -0.2) is 13.2 Å². The number of alkyl carbamates (subject to hydrolysis) is 1. The molecule has 1 saturated heterocycles. The molecular weight excluding hydrogens is 869 g/mol. The van der Waals surface area contributed by atoms with Gasteiger partial charge in [0.15, 0.2) is 9.84 Å². The van der Waals surface area contributed by atoms with Gasteiger partial charge < -0.3 is 40.5 Å². The summed E-state index contributed by atoms with van der Waals surface area (Å²) in [6.07, 6.45) is 7.69. The Morgan fingerprint density at radius 3 is 2.32 bits per heavy atom. The van der Waals surface area contributed by atoms with Crippen molar-refractivity contribution < 1.29 is 41.9 Å². The number of piperidine rings is 1. The van der Waals surface area contributed by atoms with Gasteiger partial charge >= 0.3 is 6.09 Å². The molecule has 2 aliphatic heterocycles. The SMILES string of the molecule is Cn1cc(-c2cc(CS(C)(=O)=O)c(C(=O)NCCCCCc3ccc4c(c3)CN(C3CCC(=O)NC3=O)C4=O)cc2NCC2CC2)c2cc(C(=O)NCCNC(=O)OC(C)(C)C)[nH]c2c1=O. The smallest absolute Gasteiger partial charge is 0.407 e. The number of nitrogens with one attached hydrogen (secondary N) is 6. The Hall–Kier alpha value is -6.50. The highest BCUT2D eigenvalue weighted by Crippen LogP contribution is 2.38. The number of hydrogen-bond acceptors (Lipinski definition) is 11. The Bertz CT molecular complexity index is 2770. The lowest BCUT2D eigenvalue weighted by Crippen LogP contribution is -2.52. The molecule has 6 amide bonds. The molecule has 1 aliphatic carbocycles. The number of fused-ring (bicyclic) bond motifs is 2. The van der Waals surface area contributed by atoms with Gasteiger partial charge in [-0.2, -0.15) is 0 Å². The molecule has 6 N–H and O–H groups in total. The van der Waals surface area contributed by atoms with E-state index in [1.54, 1.807) is 58.3 Å². The van der Waals surface area contributed by atoms with Gasteiger partial charge in [-0.15, -0.1) is 0 Å². The normalized spacial score (nSPS) is 16.2. The zero-order chi connectivity index (χ0) is 47.5. The van der Waals surface area contributed by atoms with Crippen LogP contribution in [0.1, 0.15) is 114 Å². The third-order valence-corrected chi connectivity index (χ3v) is 12.6. The lowest BCUT2D eigenvalue weighted by Gasteiger charge is -2.29. The van der Waals surface area contributed by atoms with Gasteiger partial charge in [0.1, 0.15) is 22.9 Å². The highest BCUT2D eigenvalue weighted by atomic mass is 32.2. The number of benzene rings is 2. The van der Waals surface area contributed by atoms with Crippen LogP contribution in [0.15, 0.2) is 47.4 Å². The Morgan fingerprint density at radius 2 is 1.61 bits per heavy atom. The molecule has 7 rings (SSSR count). The zero-order valence-corrected chi connectivity index (χ0v) is 38.8. The van der Waals surface area contributed by atoms with Crippen LogP contribution in [0.3, 0.4) is 0 Å². The molecule has 66 heavy (non-hydrogen) atoms. The topological polar surface area (TPSA) is 247 Å². The average Bonchev–Trinajstić information content (AvgIpc) is 3.87. The van der Waals surface area contributed by atoms with Crippen molar-refractivity contribution in [2.45, 2.75) is 96.1 Å². The zero-order valence-electron chi connectivity index (χ0n) is 38.0. The van der Waals surface area contributed by atoms with Crippen molar-refractivity contribution in [2.75, 3.05) is 37.8 Å². The summed E-state index contributed by atoms with van der Waals surface area (Å²) >= 11 is 0. The van der Waals surface area contributed by atoms with Crippen molar-refractivity contribution in [1.29, 1.82) is 0 Å². The summed E-state index contributed by atoms with van der Waals surface area (Å²) in [5, 5.41) is 14.5. The van der Waals surface area contributed by atoms with Gasteiger partial charge in [0.05, 0.1) is 5.75 Å².